The van der Waals surface area contributed by atoms with E-state index in [4.69, 9.17) is 0 Å². The molecule has 17 heavy (non-hydrogen) atoms. The third kappa shape index (κ3) is 3.06. The van der Waals surface area contributed by atoms with Crippen LogP contribution in [0.3, 0.4) is 0 Å². The van der Waals surface area contributed by atoms with Gasteiger partial charge in [0, 0.05) is 33.3 Å². The highest BCUT2D eigenvalue weighted by Crippen LogP contribution is 2.19. The van der Waals surface area contributed by atoms with E-state index in [0.29, 0.717) is 0 Å². The molecule has 1 atom stereocenters. The van der Waals surface area contributed by atoms with Crippen LogP contribution in [0, 0.1) is 5.92 Å². The van der Waals surface area contributed by atoms with Crippen molar-refractivity contribution in [1.29, 1.82) is 0 Å². The van der Waals surface area contributed by atoms with Crippen molar-refractivity contribution in [2.45, 2.75) is 6.42 Å². The molecule has 1 aliphatic heterocycles. The zero-order chi connectivity index (χ0) is 12.3. The van der Waals surface area contributed by atoms with Crippen molar-refractivity contribution >= 4 is 11.6 Å². The lowest BCUT2D eigenvalue weighted by Gasteiger charge is -2.22. The van der Waals surface area contributed by atoms with Gasteiger partial charge in [-0.2, -0.15) is 0 Å². The molecule has 0 spiro atoms. The lowest BCUT2D eigenvalue weighted by atomic mass is 10.1. The highest BCUT2D eigenvalue weighted by molar-refractivity contribution is 5.47. The molecule has 1 fully saturated rings. The van der Waals surface area contributed by atoms with Crippen molar-refractivity contribution in [1.82, 2.24) is 14.9 Å². The van der Waals surface area contributed by atoms with Crippen molar-refractivity contribution < 1.29 is 0 Å². The molecule has 5 heteroatoms. The number of anilines is 2. The van der Waals surface area contributed by atoms with Gasteiger partial charge in [0.15, 0.2) is 0 Å². The second-order valence-electron chi connectivity index (χ2n) is 4.81. The number of hydrogen-bond donors (Lipinski definition) is 1. The Morgan fingerprint density at radius 3 is 3.00 bits per heavy atom. The fraction of sp³-hybridized carbons (Fsp3) is 0.667. The monoisotopic (exact) mass is 235 g/mol. The van der Waals surface area contributed by atoms with E-state index in [2.05, 4.69) is 39.2 Å². The smallest absolute Gasteiger partial charge is 0.133 e. The van der Waals surface area contributed by atoms with Gasteiger partial charge in [0.25, 0.3) is 0 Å². The summed E-state index contributed by atoms with van der Waals surface area (Å²) in [5.74, 6) is 2.60. The van der Waals surface area contributed by atoms with Gasteiger partial charge in [-0.1, -0.05) is 0 Å². The normalized spacial score (nSPS) is 20.5. The summed E-state index contributed by atoms with van der Waals surface area (Å²) in [7, 11) is 6.15. The summed E-state index contributed by atoms with van der Waals surface area (Å²) >= 11 is 0. The first kappa shape index (κ1) is 12.1. The quantitative estimate of drug-likeness (QED) is 0.840. The summed E-state index contributed by atoms with van der Waals surface area (Å²) in [6.45, 7) is 3.46. The zero-order valence-electron chi connectivity index (χ0n) is 10.8. The van der Waals surface area contributed by atoms with Crippen LogP contribution in [0.1, 0.15) is 6.42 Å². The summed E-state index contributed by atoms with van der Waals surface area (Å²) < 4.78 is 0. The van der Waals surface area contributed by atoms with E-state index in [1.165, 1.54) is 19.5 Å². The van der Waals surface area contributed by atoms with E-state index in [1.807, 2.05) is 13.1 Å². The van der Waals surface area contributed by atoms with Crippen molar-refractivity contribution in [2.75, 3.05) is 51.0 Å². The lowest BCUT2D eigenvalue weighted by Crippen LogP contribution is -2.27. The first-order valence-corrected chi connectivity index (χ1v) is 6.08. The minimum absolute atomic E-state index is 0.748. The molecule has 0 bridgehead atoms. The first-order valence-electron chi connectivity index (χ1n) is 6.08. The molecule has 1 aliphatic rings. The van der Waals surface area contributed by atoms with Crippen molar-refractivity contribution in [3.63, 3.8) is 0 Å². The Morgan fingerprint density at radius 2 is 2.35 bits per heavy atom. The maximum atomic E-state index is 4.31. The van der Waals surface area contributed by atoms with E-state index in [9.17, 15) is 0 Å². The van der Waals surface area contributed by atoms with Crippen LogP contribution in [0.25, 0.3) is 0 Å². The topological polar surface area (TPSA) is 44.3 Å². The Labute approximate surface area is 103 Å². The Morgan fingerprint density at radius 1 is 1.53 bits per heavy atom. The molecule has 1 N–H and O–H groups in total. The summed E-state index contributed by atoms with van der Waals surface area (Å²) in [4.78, 5) is 13.0. The predicted octanol–water partition coefficient (Wildman–Crippen LogP) is 0.906. The fourth-order valence-corrected chi connectivity index (χ4v) is 2.35. The average Bonchev–Trinajstić information content (AvgIpc) is 2.75. The van der Waals surface area contributed by atoms with Gasteiger partial charge in [0.2, 0.25) is 0 Å². The Hall–Kier alpha value is -1.36. The third-order valence-corrected chi connectivity index (χ3v) is 3.32. The predicted molar refractivity (Wildman–Crippen MR) is 70.5 cm³/mol. The SMILES string of the molecule is CNc1cc(N(C)CC2CCN(C)C2)ncn1. The van der Waals surface area contributed by atoms with Crippen molar-refractivity contribution in [3.05, 3.63) is 12.4 Å². The second kappa shape index (κ2) is 5.31. The van der Waals surface area contributed by atoms with E-state index in [0.717, 1.165) is 24.1 Å². The molecule has 0 aromatic carbocycles. The molecular weight excluding hydrogens is 214 g/mol. The molecule has 5 nitrogen and oxygen atoms in total. The molecule has 0 saturated carbocycles. The number of aromatic nitrogens is 2. The molecule has 0 aliphatic carbocycles. The van der Waals surface area contributed by atoms with Gasteiger partial charge >= 0.3 is 0 Å². The van der Waals surface area contributed by atoms with Crippen LogP contribution < -0.4 is 10.2 Å². The Kier molecular flexibility index (Phi) is 3.78. The van der Waals surface area contributed by atoms with E-state index >= 15 is 0 Å². The van der Waals surface area contributed by atoms with Crippen LogP contribution in [-0.2, 0) is 0 Å². The van der Waals surface area contributed by atoms with Crippen LogP contribution in [0.2, 0.25) is 0 Å². The number of nitrogens with zero attached hydrogens (tertiary/aromatic N) is 4. The average molecular weight is 235 g/mol. The summed E-state index contributed by atoms with van der Waals surface area (Å²) in [5, 5.41) is 3.04. The zero-order valence-corrected chi connectivity index (χ0v) is 10.8. The van der Waals surface area contributed by atoms with Gasteiger partial charge in [0.1, 0.15) is 18.0 Å². The summed E-state index contributed by atoms with van der Waals surface area (Å²) in [6, 6.07) is 1.98. The van der Waals surface area contributed by atoms with Gasteiger partial charge in [-0.3, -0.25) is 0 Å². The van der Waals surface area contributed by atoms with Gasteiger partial charge in [-0.25, -0.2) is 9.97 Å². The minimum atomic E-state index is 0.748. The van der Waals surface area contributed by atoms with E-state index in [1.54, 1.807) is 6.33 Å². The molecule has 1 saturated heterocycles. The molecular formula is C12H21N5. The second-order valence-corrected chi connectivity index (χ2v) is 4.81. The van der Waals surface area contributed by atoms with Gasteiger partial charge in [-0.05, 0) is 25.9 Å². The van der Waals surface area contributed by atoms with Crippen molar-refractivity contribution in [2.24, 2.45) is 5.92 Å². The number of likely N-dealkylation sites (tertiary alicyclic amines) is 1. The first-order chi connectivity index (χ1) is 8.19. The molecule has 1 aromatic heterocycles. The lowest BCUT2D eigenvalue weighted by molar-refractivity contribution is 0.395. The molecule has 2 rings (SSSR count). The molecule has 1 unspecified atom stereocenters. The molecule has 1 aromatic rings. The molecule has 94 valence electrons. The maximum absolute atomic E-state index is 4.31. The number of hydrogen-bond acceptors (Lipinski definition) is 5. The van der Waals surface area contributed by atoms with Crippen LogP contribution in [0.5, 0.6) is 0 Å². The highest BCUT2D eigenvalue weighted by Gasteiger charge is 2.21. The van der Waals surface area contributed by atoms with Crippen LogP contribution in [-0.4, -0.2) is 55.6 Å². The summed E-state index contributed by atoms with van der Waals surface area (Å²) in [5.41, 5.74) is 0. The third-order valence-electron chi connectivity index (χ3n) is 3.32. The highest BCUT2D eigenvalue weighted by atomic mass is 15.2. The molecule has 2 heterocycles. The van der Waals surface area contributed by atoms with Crippen LogP contribution in [0.15, 0.2) is 12.4 Å². The maximum Gasteiger partial charge on any atom is 0.133 e. The standard InChI is InChI=1S/C12H21N5/c1-13-11-6-12(15-9-14-11)17(3)8-10-4-5-16(2)7-10/h6,9-10H,4-5,7-8H2,1-3H3,(H,13,14,15). The van der Waals surface area contributed by atoms with E-state index < -0.39 is 0 Å². The van der Waals surface area contributed by atoms with E-state index in [-0.39, 0.29) is 0 Å². The van der Waals surface area contributed by atoms with Gasteiger partial charge in [0.05, 0.1) is 0 Å². The number of rotatable bonds is 4. The fourth-order valence-electron chi connectivity index (χ4n) is 2.35. The van der Waals surface area contributed by atoms with Gasteiger partial charge < -0.3 is 15.1 Å². The minimum Gasteiger partial charge on any atom is -0.373 e. The van der Waals surface area contributed by atoms with Crippen LogP contribution >= 0.6 is 0 Å². The Balaban J connectivity index is 1.96. The number of nitrogens with one attached hydrogen (secondary N) is 1. The van der Waals surface area contributed by atoms with Crippen LogP contribution in [0.4, 0.5) is 11.6 Å². The van der Waals surface area contributed by atoms with Crippen molar-refractivity contribution in [3.8, 4) is 0 Å². The summed E-state index contributed by atoms with van der Waals surface area (Å²) in [6.07, 6.45) is 2.89. The molecule has 0 radical (unpaired) electrons. The van der Waals surface area contributed by atoms with Gasteiger partial charge in [-0.15, -0.1) is 0 Å². The molecule has 0 amide bonds. The Bertz CT molecular complexity index is 368. The largest absolute Gasteiger partial charge is 0.373 e.